The van der Waals surface area contributed by atoms with Gasteiger partial charge in [-0.2, -0.15) is 0 Å². The first-order chi connectivity index (χ1) is 14.2. The molecule has 0 spiro atoms. The molecule has 0 fully saturated rings. The number of carbonyl (C=O) groups excluding carboxylic acids is 1. The molecule has 0 radical (unpaired) electrons. The maximum Gasteiger partial charge on any atom is 0.335 e. The molecule has 0 aliphatic carbocycles. The van der Waals surface area contributed by atoms with Gasteiger partial charge < -0.3 is 14.3 Å². The number of benzene rings is 2. The lowest BCUT2D eigenvalue weighted by atomic mass is 10.1. The molecule has 2 aromatic rings. The minimum atomic E-state index is -2.59. The highest BCUT2D eigenvalue weighted by Crippen LogP contribution is 2.36. The van der Waals surface area contributed by atoms with Crippen molar-refractivity contribution in [2.45, 2.75) is 51.7 Å². The predicted molar refractivity (Wildman–Crippen MR) is 125 cm³/mol. The van der Waals surface area contributed by atoms with Gasteiger partial charge in [0.15, 0.2) is 6.10 Å². The molecule has 0 bridgehead atoms. The highest BCUT2D eigenvalue weighted by molar-refractivity contribution is 6.99. The highest BCUT2D eigenvalue weighted by Gasteiger charge is 2.49. The Balaban J connectivity index is 2.23. The van der Waals surface area contributed by atoms with Crippen LogP contribution in [0, 0.1) is 0 Å². The average molecular weight is 427 g/mol. The van der Waals surface area contributed by atoms with Gasteiger partial charge in [0.05, 0.1) is 6.61 Å². The zero-order valence-electron chi connectivity index (χ0n) is 18.6. The first-order valence-corrected chi connectivity index (χ1v) is 12.4. The summed E-state index contributed by atoms with van der Waals surface area (Å²) in [5, 5.41) is 12.3. The molecule has 2 rings (SSSR count). The van der Waals surface area contributed by atoms with E-state index < -0.39 is 20.4 Å². The number of hydrogen-bond acceptors (Lipinski definition) is 4. The third-order valence-electron chi connectivity index (χ3n) is 5.23. The van der Waals surface area contributed by atoms with Crippen LogP contribution in [0.3, 0.4) is 0 Å². The second-order valence-corrected chi connectivity index (χ2v) is 12.8. The maximum absolute atomic E-state index is 11.7. The van der Waals surface area contributed by atoms with Gasteiger partial charge in [0.25, 0.3) is 8.32 Å². The molecule has 0 heterocycles. The number of carbonyl (C=O) groups is 1. The van der Waals surface area contributed by atoms with Crippen molar-refractivity contribution in [3.63, 3.8) is 0 Å². The Hall–Kier alpha value is -2.21. The van der Waals surface area contributed by atoms with Gasteiger partial charge in [-0.25, -0.2) is 4.79 Å². The second-order valence-electron chi connectivity index (χ2n) is 8.48. The second kappa shape index (κ2) is 10.7. The topological polar surface area (TPSA) is 55.8 Å². The van der Waals surface area contributed by atoms with Crippen LogP contribution in [0.15, 0.2) is 72.8 Å². The van der Waals surface area contributed by atoms with Crippen molar-refractivity contribution in [1.29, 1.82) is 0 Å². The molecule has 0 aromatic heterocycles. The summed E-state index contributed by atoms with van der Waals surface area (Å²) in [5.41, 5.74) is 0.772. The van der Waals surface area contributed by atoms with E-state index in [-0.39, 0.29) is 18.1 Å². The Morgan fingerprint density at radius 3 is 1.97 bits per heavy atom. The van der Waals surface area contributed by atoms with Gasteiger partial charge in [-0.3, -0.25) is 0 Å². The predicted octanol–water partition coefficient (Wildman–Crippen LogP) is 3.82. The van der Waals surface area contributed by atoms with E-state index in [1.165, 1.54) is 10.4 Å². The number of aliphatic hydroxyl groups excluding tert-OH is 1. The molecule has 0 saturated heterocycles. The Bertz CT molecular complexity index is 773. The van der Waals surface area contributed by atoms with Gasteiger partial charge in [-0.05, 0) is 28.8 Å². The zero-order chi connectivity index (χ0) is 22.2. The van der Waals surface area contributed by atoms with E-state index in [9.17, 15) is 9.90 Å². The minimum absolute atomic E-state index is 0.0957. The van der Waals surface area contributed by atoms with Gasteiger partial charge >= 0.3 is 5.97 Å². The highest BCUT2D eigenvalue weighted by atomic mass is 28.4. The molecule has 0 amide bonds. The SMILES string of the molecule is C=C(CCO[Si](c1ccccc1)(c1ccccc1)C(C)(C)C)CC(O)C(=O)OCC. The number of ether oxygens (including phenoxy) is 1. The van der Waals surface area contributed by atoms with E-state index in [0.29, 0.717) is 13.0 Å². The molecule has 0 aliphatic heterocycles. The van der Waals surface area contributed by atoms with Crippen LogP contribution < -0.4 is 10.4 Å². The lowest BCUT2D eigenvalue weighted by molar-refractivity contribution is -0.152. The van der Waals surface area contributed by atoms with Gasteiger partial charge in [0.2, 0.25) is 0 Å². The van der Waals surface area contributed by atoms with Crippen LogP contribution in [-0.2, 0) is 14.0 Å². The van der Waals surface area contributed by atoms with E-state index in [2.05, 4.69) is 75.9 Å². The average Bonchev–Trinajstić information content (AvgIpc) is 2.71. The summed E-state index contributed by atoms with van der Waals surface area (Å²) < 4.78 is 11.7. The van der Waals surface area contributed by atoms with E-state index in [1.807, 2.05) is 12.1 Å². The molecule has 162 valence electrons. The molecule has 5 heteroatoms. The molecule has 1 N–H and O–H groups in total. The van der Waals surface area contributed by atoms with E-state index in [1.54, 1.807) is 6.92 Å². The fourth-order valence-electron chi connectivity index (χ4n) is 3.81. The molecule has 0 aliphatic rings. The maximum atomic E-state index is 11.7. The standard InChI is InChI=1S/C25H34O4Si/c1-6-28-24(27)23(26)19-20(2)17-18-29-30(25(3,4)5,21-13-9-7-10-14-21)22-15-11-8-12-16-22/h7-16,23,26H,2,6,17-19H2,1,3-5H3. The Morgan fingerprint density at radius 1 is 1.03 bits per heavy atom. The van der Waals surface area contributed by atoms with Crippen molar-refractivity contribution in [2.75, 3.05) is 13.2 Å². The van der Waals surface area contributed by atoms with Crippen molar-refractivity contribution in [3.8, 4) is 0 Å². The van der Waals surface area contributed by atoms with Gasteiger partial charge in [0, 0.05) is 13.0 Å². The molecule has 0 saturated carbocycles. The molecule has 30 heavy (non-hydrogen) atoms. The normalized spacial score (nSPS) is 13.0. The number of rotatable bonds is 10. The van der Waals surface area contributed by atoms with Gasteiger partial charge in [-0.1, -0.05) is 93.6 Å². The lowest BCUT2D eigenvalue weighted by Gasteiger charge is -2.43. The summed E-state index contributed by atoms with van der Waals surface area (Å²) in [6, 6.07) is 20.9. The smallest absolute Gasteiger partial charge is 0.335 e. The summed E-state index contributed by atoms with van der Waals surface area (Å²) in [5.74, 6) is -0.605. The monoisotopic (exact) mass is 426 g/mol. The van der Waals surface area contributed by atoms with Crippen molar-refractivity contribution in [2.24, 2.45) is 0 Å². The van der Waals surface area contributed by atoms with Gasteiger partial charge in [0.1, 0.15) is 0 Å². The largest absolute Gasteiger partial charge is 0.464 e. The summed E-state index contributed by atoms with van der Waals surface area (Å²) in [4.78, 5) is 11.7. The first-order valence-electron chi connectivity index (χ1n) is 10.5. The number of esters is 1. The van der Waals surface area contributed by atoms with Crippen LogP contribution >= 0.6 is 0 Å². The number of hydrogen-bond donors (Lipinski definition) is 1. The lowest BCUT2D eigenvalue weighted by Crippen LogP contribution is -2.66. The molecule has 1 unspecified atom stereocenters. The fraction of sp³-hybridized carbons (Fsp3) is 0.400. The molecular formula is C25H34O4Si. The Kier molecular flexibility index (Phi) is 8.59. The number of aliphatic hydroxyl groups is 1. The van der Waals surface area contributed by atoms with Crippen molar-refractivity contribution < 1.29 is 19.1 Å². The summed E-state index contributed by atoms with van der Waals surface area (Å²) in [6.45, 7) is 13.2. The van der Waals surface area contributed by atoms with Gasteiger partial charge in [-0.15, -0.1) is 0 Å². The minimum Gasteiger partial charge on any atom is -0.464 e. The van der Waals surface area contributed by atoms with Crippen LogP contribution in [0.5, 0.6) is 0 Å². The third kappa shape index (κ3) is 5.69. The molecule has 4 nitrogen and oxygen atoms in total. The summed E-state index contributed by atoms with van der Waals surface area (Å²) >= 11 is 0. The van der Waals surface area contributed by atoms with Crippen LogP contribution in [0.2, 0.25) is 5.04 Å². The Morgan fingerprint density at radius 2 is 1.53 bits per heavy atom. The van der Waals surface area contributed by atoms with Crippen LogP contribution in [0.25, 0.3) is 0 Å². The Labute approximate surface area is 181 Å². The quantitative estimate of drug-likeness (QED) is 0.356. The van der Waals surface area contributed by atoms with E-state index in [0.717, 1.165) is 5.57 Å². The van der Waals surface area contributed by atoms with Crippen LogP contribution in [0.4, 0.5) is 0 Å². The molecule has 1 atom stereocenters. The summed E-state index contributed by atoms with van der Waals surface area (Å²) in [7, 11) is -2.59. The first kappa shape index (κ1) is 24.1. The van der Waals surface area contributed by atoms with Crippen molar-refractivity contribution in [3.05, 3.63) is 72.8 Å². The summed E-state index contributed by atoms with van der Waals surface area (Å²) in [6.07, 6.45) is -0.422. The van der Waals surface area contributed by atoms with Crippen LogP contribution in [-0.4, -0.2) is 38.7 Å². The molecular weight excluding hydrogens is 392 g/mol. The van der Waals surface area contributed by atoms with E-state index in [4.69, 9.17) is 9.16 Å². The van der Waals surface area contributed by atoms with Crippen molar-refractivity contribution >= 4 is 24.7 Å². The van der Waals surface area contributed by atoms with E-state index >= 15 is 0 Å². The van der Waals surface area contributed by atoms with Crippen molar-refractivity contribution in [1.82, 2.24) is 0 Å². The fourth-order valence-corrected chi connectivity index (χ4v) is 8.37. The zero-order valence-corrected chi connectivity index (χ0v) is 19.6. The van der Waals surface area contributed by atoms with Crippen LogP contribution in [0.1, 0.15) is 40.5 Å². The third-order valence-corrected chi connectivity index (χ3v) is 10.3. The molecule has 2 aromatic carbocycles.